The van der Waals surface area contributed by atoms with Crippen molar-refractivity contribution in [2.75, 3.05) is 19.8 Å². The second-order valence-corrected chi connectivity index (χ2v) is 10.8. The molecule has 3 aromatic carbocycles. The molecule has 0 aliphatic carbocycles. The summed E-state index contributed by atoms with van der Waals surface area (Å²) in [6, 6.07) is 20.7. The van der Waals surface area contributed by atoms with Crippen LogP contribution in [-0.4, -0.2) is 43.2 Å². The number of sulfonamides is 1. The number of benzene rings is 3. The number of hydrogen-bond acceptors (Lipinski definition) is 6. The van der Waals surface area contributed by atoms with Crippen LogP contribution in [0.2, 0.25) is 0 Å². The zero-order chi connectivity index (χ0) is 26.0. The molecular formula is C28H26N2O6S. The van der Waals surface area contributed by atoms with E-state index in [1.54, 1.807) is 30.3 Å². The van der Waals surface area contributed by atoms with E-state index in [1.165, 1.54) is 23.4 Å². The second kappa shape index (κ2) is 10.2. The number of rotatable bonds is 8. The number of H-pyrrole nitrogens is 1. The van der Waals surface area contributed by atoms with Crippen LogP contribution in [0.15, 0.2) is 82.5 Å². The van der Waals surface area contributed by atoms with Crippen LogP contribution in [0.3, 0.4) is 0 Å². The predicted molar refractivity (Wildman–Crippen MR) is 140 cm³/mol. The Balaban J connectivity index is 1.53. The third-order valence-corrected chi connectivity index (χ3v) is 8.14. The highest BCUT2D eigenvalue weighted by molar-refractivity contribution is 7.89. The fourth-order valence-electron chi connectivity index (χ4n) is 4.30. The Morgan fingerprint density at radius 2 is 1.68 bits per heavy atom. The Hall–Kier alpha value is -3.95. The average molecular weight is 519 g/mol. The number of carbonyl (C=O) groups is 1. The van der Waals surface area contributed by atoms with Crippen LogP contribution < -0.4 is 15.0 Å². The molecule has 0 saturated heterocycles. The Morgan fingerprint density at radius 3 is 2.41 bits per heavy atom. The molecule has 5 rings (SSSR count). The molecule has 0 amide bonds. The van der Waals surface area contributed by atoms with E-state index in [9.17, 15) is 18.0 Å². The van der Waals surface area contributed by atoms with Crippen molar-refractivity contribution < 1.29 is 22.7 Å². The van der Waals surface area contributed by atoms with Crippen LogP contribution in [-0.2, 0) is 23.0 Å². The minimum Gasteiger partial charge on any atom is -0.486 e. The van der Waals surface area contributed by atoms with E-state index in [-0.39, 0.29) is 29.3 Å². The van der Waals surface area contributed by atoms with Crippen molar-refractivity contribution in [1.29, 1.82) is 0 Å². The van der Waals surface area contributed by atoms with Crippen molar-refractivity contribution >= 4 is 26.7 Å². The van der Waals surface area contributed by atoms with Gasteiger partial charge in [0.2, 0.25) is 10.0 Å². The number of nitrogens with one attached hydrogen (secondary N) is 1. The van der Waals surface area contributed by atoms with Crippen LogP contribution in [0.5, 0.6) is 11.5 Å². The summed E-state index contributed by atoms with van der Waals surface area (Å²) in [4.78, 5) is 27.8. The molecule has 0 bridgehead atoms. The second-order valence-electron chi connectivity index (χ2n) is 8.87. The van der Waals surface area contributed by atoms with Crippen LogP contribution >= 0.6 is 0 Å². The van der Waals surface area contributed by atoms with Gasteiger partial charge in [0.1, 0.15) is 13.2 Å². The molecule has 8 nitrogen and oxygen atoms in total. The molecule has 37 heavy (non-hydrogen) atoms. The molecule has 0 radical (unpaired) electrons. The van der Waals surface area contributed by atoms with Crippen molar-refractivity contribution in [2.24, 2.45) is 0 Å². The summed E-state index contributed by atoms with van der Waals surface area (Å²) in [7, 11) is -4.03. The van der Waals surface area contributed by atoms with Crippen molar-refractivity contribution in [2.45, 2.75) is 24.8 Å². The minimum absolute atomic E-state index is 0.00472. The Morgan fingerprint density at radius 1 is 0.946 bits per heavy atom. The lowest BCUT2D eigenvalue weighted by molar-refractivity contribution is 0.101. The zero-order valence-corrected chi connectivity index (χ0v) is 21.1. The largest absolute Gasteiger partial charge is 0.486 e. The zero-order valence-electron chi connectivity index (χ0n) is 20.3. The maximum atomic E-state index is 13.8. The molecule has 0 saturated carbocycles. The van der Waals surface area contributed by atoms with Crippen LogP contribution in [0, 0.1) is 0 Å². The molecule has 0 unspecified atom stereocenters. The van der Waals surface area contributed by atoms with Crippen molar-refractivity contribution in [3.05, 3.63) is 99.8 Å². The van der Waals surface area contributed by atoms with E-state index in [1.807, 2.05) is 30.3 Å². The molecule has 1 aromatic heterocycles. The van der Waals surface area contributed by atoms with Gasteiger partial charge in [-0.15, -0.1) is 0 Å². The van der Waals surface area contributed by atoms with Gasteiger partial charge in [0.05, 0.1) is 10.4 Å². The van der Waals surface area contributed by atoms with Gasteiger partial charge in [-0.2, -0.15) is 4.31 Å². The average Bonchev–Trinajstić information content (AvgIpc) is 2.90. The molecule has 9 heteroatoms. The topological polar surface area (TPSA) is 106 Å². The van der Waals surface area contributed by atoms with Crippen molar-refractivity contribution in [1.82, 2.24) is 9.29 Å². The summed E-state index contributed by atoms with van der Waals surface area (Å²) in [6.07, 6.45) is 0.455. The Labute approximate surface area is 214 Å². The summed E-state index contributed by atoms with van der Waals surface area (Å²) in [5, 5.41) is 0.706. The number of pyridine rings is 1. The molecule has 4 aromatic rings. The number of Topliss-reactive ketones (excluding diaryl/α,β-unsaturated/α-hetero) is 1. The van der Waals surface area contributed by atoms with Gasteiger partial charge in [-0.25, -0.2) is 8.42 Å². The minimum atomic E-state index is -4.03. The number of ketones is 1. The van der Waals surface area contributed by atoms with Gasteiger partial charge in [0, 0.05) is 35.7 Å². The third kappa shape index (κ3) is 5.28. The summed E-state index contributed by atoms with van der Waals surface area (Å²) < 4.78 is 40.1. The monoisotopic (exact) mass is 518 g/mol. The fraction of sp³-hybridized carbons (Fsp3) is 0.214. The third-order valence-electron chi connectivity index (χ3n) is 6.30. The van der Waals surface area contributed by atoms with Gasteiger partial charge in [-0.05, 0) is 43.2 Å². The Kier molecular flexibility index (Phi) is 6.82. The van der Waals surface area contributed by atoms with E-state index in [0.29, 0.717) is 53.2 Å². The fourth-order valence-corrected chi connectivity index (χ4v) is 5.77. The van der Waals surface area contributed by atoms with Gasteiger partial charge in [-0.3, -0.25) is 9.59 Å². The standard InChI is InChI=1S/C28H26N2O6S/c1-19(31)21-8-5-9-24(15-21)37(33,34)30(11-10-20-6-3-2-4-7-20)18-23-14-22-16-26-27(36-13-12-35-26)17-25(22)29-28(23)32/h2-9,14-17H,10-13,18H2,1H3,(H,29,32). The van der Waals surface area contributed by atoms with E-state index < -0.39 is 10.0 Å². The molecular weight excluding hydrogens is 492 g/mol. The molecule has 1 N–H and O–H groups in total. The first kappa shape index (κ1) is 24.7. The first-order valence-electron chi connectivity index (χ1n) is 11.9. The first-order chi connectivity index (χ1) is 17.8. The number of aromatic amines is 1. The molecule has 190 valence electrons. The summed E-state index contributed by atoms with van der Waals surface area (Å²) in [5.74, 6) is 0.902. The predicted octanol–water partition coefficient (Wildman–Crippen LogP) is 3.94. The lowest BCUT2D eigenvalue weighted by Gasteiger charge is -2.23. The Bertz CT molecular complexity index is 1630. The highest BCUT2D eigenvalue weighted by Gasteiger charge is 2.26. The maximum Gasteiger partial charge on any atom is 0.252 e. The van der Waals surface area contributed by atoms with E-state index in [0.717, 1.165) is 5.56 Å². The SMILES string of the molecule is CC(=O)c1cccc(S(=O)(=O)N(CCc2ccccc2)Cc2cc3cc4c(cc3[nH]c2=O)OCCO4)c1. The maximum absolute atomic E-state index is 13.8. The van der Waals surface area contributed by atoms with Crippen LogP contribution in [0.4, 0.5) is 0 Å². The van der Waals surface area contributed by atoms with Gasteiger partial charge in [0.25, 0.3) is 5.56 Å². The van der Waals surface area contributed by atoms with Crippen LogP contribution in [0.1, 0.15) is 28.4 Å². The molecule has 0 atom stereocenters. The molecule has 1 aliphatic heterocycles. The van der Waals surface area contributed by atoms with Gasteiger partial charge < -0.3 is 14.5 Å². The van der Waals surface area contributed by atoms with Crippen molar-refractivity contribution in [3.8, 4) is 11.5 Å². The number of fused-ring (bicyclic) bond motifs is 2. The van der Waals surface area contributed by atoms with Gasteiger partial charge >= 0.3 is 0 Å². The highest BCUT2D eigenvalue weighted by Crippen LogP contribution is 2.34. The van der Waals surface area contributed by atoms with Crippen LogP contribution in [0.25, 0.3) is 10.9 Å². The number of ether oxygens (including phenoxy) is 2. The number of hydrogen-bond donors (Lipinski definition) is 1. The quantitative estimate of drug-likeness (QED) is 0.354. The lowest BCUT2D eigenvalue weighted by atomic mass is 10.1. The molecule has 1 aliphatic rings. The molecule has 2 heterocycles. The normalized spacial score (nSPS) is 13.1. The van der Waals surface area contributed by atoms with E-state index >= 15 is 0 Å². The molecule has 0 fully saturated rings. The molecule has 0 spiro atoms. The smallest absolute Gasteiger partial charge is 0.252 e. The van der Waals surface area contributed by atoms with Crippen molar-refractivity contribution in [3.63, 3.8) is 0 Å². The first-order valence-corrected chi connectivity index (χ1v) is 13.4. The van der Waals surface area contributed by atoms with E-state index in [4.69, 9.17) is 9.47 Å². The summed E-state index contributed by atoms with van der Waals surface area (Å²) in [5.41, 5.74) is 1.76. The number of nitrogens with zero attached hydrogens (tertiary/aromatic N) is 1. The lowest BCUT2D eigenvalue weighted by Crippen LogP contribution is -2.34. The van der Waals surface area contributed by atoms with Gasteiger partial charge in [0.15, 0.2) is 17.3 Å². The number of aromatic nitrogens is 1. The summed E-state index contributed by atoms with van der Waals surface area (Å²) in [6.45, 7) is 2.26. The number of carbonyl (C=O) groups excluding carboxylic acids is 1. The van der Waals surface area contributed by atoms with Gasteiger partial charge in [-0.1, -0.05) is 42.5 Å². The van der Waals surface area contributed by atoms with E-state index in [2.05, 4.69) is 4.98 Å². The summed E-state index contributed by atoms with van der Waals surface area (Å²) >= 11 is 0. The highest BCUT2D eigenvalue weighted by atomic mass is 32.2.